The summed E-state index contributed by atoms with van der Waals surface area (Å²) in [5.41, 5.74) is 0.592. The highest BCUT2D eigenvalue weighted by atomic mass is 32.2. The van der Waals surface area contributed by atoms with Gasteiger partial charge in [0.05, 0.1) is 5.69 Å². The number of thioether (sulfide) groups is 1. The van der Waals surface area contributed by atoms with Crippen LogP contribution in [-0.2, 0) is 14.4 Å². The van der Waals surface area contributed by atoms with Crippen LogP contribution < -0.4 is 10.2 Å². The van der Waals surface area contributed by atoms with Crippen molar-refractivity contribution < 1.29 is 19.2 Å². The maximum absolute atomic E-state index is 13.1. The van der Waals surface area contributed by atoms with Crippen molar-refractivity contribution >= 4 is 41.2 Å². The number of nitrogens with zero attached hydrogens (tertiary/aromatic N) is 3. The van der Waals surface area contributed by atoms with Gasteiger partial charge in [-0.25, -0.2) is 9.69 Å². The minimum Gasteiger partial charge on any atom is -0.353 e. The lowest BCUT2D eigenvalue weighted by Gasteiger charge is -2.35. The summed E-state index contributed by atoms with van der Waals surface area (Å²) in [6, 6.07) is 6.47. The molecule has 5 amide bonds. The fourth-order valence-electron chi connectivity index (χ4n) is 4.69. The predicted octanol–water partition coefficient (Wildman–Crippen LogP) is 2.08. The zero-order valence-corrected chi connectivity index (χ0v) is 18.7. The lowest BCUT2D eigenvalue weighted by Crippen LogP contribution is -2.51. The van der Waals surface area contributed by atoms with Crippen LogP contribution in [0.4, 0.5) is 10.5 Å². The first-order chi connectivity index (χ1) is 14.9. The van der Waals surface area contributed by atoms with Gasteiger partial charge in [-0.2, -0.15) is 0 Å². The van der Waals surface area contributed by atoms with Crippen LogP contribution in [0.3, 0.4) is 0 Å². The molecule has 9 heteroatoms. The number of urea groups is 1. The van der Waals surface area contributed by atoms with Crippen LogP contribution in [0.25, 0.3) is 0 Å². The molecular formula is C22H28N4O4S. The Morgan fingerprint density at radius 3 is 2.52 bits per heavy atom. The number of rotatable bonds is 4. The first-order valence-electron chi connectivity index (χ1n) is 10.7. The maximum atomic E-state index is 13.1. The van der Waals surface area contributed by atoms with Crippen molar-refractivity contribution in [3.05, 3.63) is 24.3 Å². The monoisotopic (exact) mass is 444 g/mol. The molecular weight excluding hydrogens is 416 g/mol. The summed E-state index contributed by atoms with van der Waals surface area (Å²) in [7, 11) is 0. The van der Waals surface area contributed by atoms with Gasteiger partial charge in [0, 0.05) is 43.4 Å². The summed E-state index contributed by atoms with van der Waals surface area (Å²) < 4.78 is 0. The Bertz CT molecular complexity index is 899. The highest BCUT2D eigenvalue weighted by molar-refractivity contribution is 7.98. The second-order valence-corrected chi connectivity index (χ2v) is 9.26. The standard InChI is InChI=1S/C22H28N4O4S/c1-14(27)24-9-6-15(7-10-24)20(28)23-16-8-11-25-19(12-16)21(29)26(22(25)30)17-4-3-5-18(13-17)31-2/h3-5,13,15-16,19H,6-12H2,1-2H3,(H,23,28). The van der Waals surface area contributed by atoms with E-state index in [9.17, 15) is 19.2 Å². The number of piperidine rings is 2. The third-order valence-corrected chi connectivity index (χ3v) is 7.24. The summed E-state index contributed by atoms with van der Waals surface area (Å²) >= 11 is 1.56. The van der Waals surface area contributed by atoms with Crippen LogP contribution in [0.1, 0.15) is 32.6 Å². The number of benzene rings is 1. The van der Waals surface area contributed by atoms with Gasteiger partial charge in [-0.1, -0.05) is 6.07 Å². The van der Waals surface area contributed by atoms with Crippen molar-refractivity contribution in [1.29, 1.82) is 0 Å². The topological polar surface area (TPSA) is 90.0 Å². The minimum absolute atomic E-state index is 0.0112. The number of hydrogen-bond acceptors (Lipinski definition) is 5. The van der Waals surface area contributed by atoms with E-state index in [0.29, 0.717) is 51.0 Å². The lowest BCUT2D eigenvalue weighted by atomic mass is 9.93. The molecule has 1 N–H and O–H groups in total. The number of likely N-dealkylation sites (tertiary alicyclic amines) is 1. The molecule has 1 aromatic rings. The van der Waals surface area contributed by atoms with Gasteiger partial charge in [-0.05, 0) is 50.1 Å². The number of hydrogen-bond donors (Lipinski definition) is 1. The fraction of sp³-hybridized carbons (Fsp3) is 0.545. The molecule has 3 saturated heterocycles. The Balaban J connectivity index is 1.38. The number of anilines is 1. The normalized spacial score (nSPS) is 24.4. The highest BCUT2D eigenvalue weighted by Crippen LogP contribution is 2.32. The van der Waals surface area contributed by atoms with E-state index in [1.807, 2.05) is 24.5 Å². The number of nitrogens with one attached hydrogen (secondary N) is 1. The van der Waals surface area contributed by atoms with Crippen LogP contribution in [-0.4, -0.2) is 71.5 Å². The Hall–Kier alpha value is -2.55. The van der Waals surface area contributed by atoms with Crippen molar-refractivity contribution in [1.82, 2.24) is 15.1 Å². The van der Waals surface area contributed by atoms with Crippen LogP contribution in [0.2, 0.25) is 0 Å². The maximum Gasteiger partial charge on any atom is 0.332 e. The summed E-state index contributed by atoms with van der Waals surface area (Å²) in [4.78, 5) is 55.9. The fourth-order valence-corrected chi connectivity index (χ4v) is 5.15. The van der Waals surface area contributed by atoms with Gasteiger partial charge in [-0.3, -0.25) is 14.4 Å². The molecule has 0 bridgehead atoms. The molecule has 0 aliphatic carbocycles. The van der Waals surface area contributed by atoms with E-state index in [1.54, 1.807) is 34.6 Å². The molecule has 1 aromatic carbocycles. The number of imide groups is 1. The zero-order valence-electron chi connectivity index (χ0n) is 17.9. The molecule has 3 heterocycles. The van der Waals surface area contributed by atoms with Crippen LogP contribution in [0.5, 0.6) is 0 Å². The smallest absolute Gasteiger partial charge is 0.332 e. The number of carbonyl (C=O) groups is 4. The Kier molecular flexibility index (Phi) is 6.22. The van der Waals surface area contributed by atoms with E-state index in [2.05, 4.69) is 5.32 Å². The Morgan fingerprint density at radius 1 is 1.10 bits per heavy atom. The van der Waals surface area contributed by atoms with Crippen molar-refractivity contribution in [3.63, 3.8) is 0 Å². The molecule has 8 nitrogen and oxygen atoms in total. The first kappa shape index (κ1) is 21.7. The third-order valence-electron chi connectivity index (χ3n) is 6.51. The van der Waals surface area contributed by atoms with Crippen molar-refractivity contribution in [3.8, 4) is 0 Å². The number of amides is 5. The molecule has 0 spiro atoms. The second-order valence-electron chi connectivity index (χ2n) is 8.38. The van der Waals surface area contributed by atoms with E-state index < -0.39 is 6.04 Å². The van der Waals surface area contributed by atoms with Crippen LogP contribution in [0.15, 0.2) is 29.2 Å². The Morgan fingerprint density at radius 2 is 1.84 bits per heavy atom. The summed E-state index contributed by atoms with van der Waals surface area (Å²) in [6.07, 6.45) is 4.33. The van der Waals surface area contributed by atoms with Gasteiger partial charge >= 0.3 is 6.03 Å². The zero-order chi connectivity index (χ0) is 22.1. The van der Waals surface area contributed by atoms with Crippen molar-refractivity contribution in [2.24, 2.45) is 5.92 Å². The molecule has 3 aliphatic rings. The van der Waals surface area contributed by atoms with Crippen LogP contribution in [0, 0.1) is 5.92 Å². The van der Waals surface area contributed by atoms with Crippen molar-refractivity contribution in [2.75, 3.05) is 30.8 Å². The van der Waals surface area contributed by atoms with Gasteiger partial charge in [-0.15, -0.1) is 11.8 Å². The quantitative estimate of drug-likeness (QED) is 0.567. The summed E-state index contributed by atoms with van der Waals surface area (Å²) in [5, 5.41) is 3.10. The molecule has 4 rings (SSSR count). The Labute approximate surface area is 186 Å². The summed E-state index contributed by atoms with van der Waals surface area (Å²) in [6.45, 7) is 3.20. The average molecular weight is 445 g/mol. The van der Waals surface area contributed by atoms with Crippen molar-refractivity contribution in [2.45, 2.75) is 49.6 Å². The molecule has 3 aliphatic heterocycles. The second kappa shape index (κ2) is 8.90. The van der Waals surface area contributed by atoms with E-state index in [0.717, 1.165) is 4.90 Å². The van der Waals surface area contributed by atoms with E-state index in [-0.39, 0.29) is 35.7 Å². The van der Waals surface area contributed by atoms with Gasteiger partial charge in [0.2, 0.25) is 11.8 Å². The molecule has 2 atom stereocenters. The molecule has 0 aromatic heterocycles. The molecule has 0 saturated carbocycles. The molecule has 3 fully saturated rings. The summed E-state index contributed by atoms with van der Waals surface area (Å²) in [5.74, 6) is -0.302. The van der Waals surface area contributed by atoms with Crippen LogP contribution >= 0.6 is 11.8 Å². The SMILES string of the molecule is CSc1cccc(N2C(=O)C3CC(NC(=O)C4CCN(C(C)=O)CC4)CCN3C2=O)c1. The number of fused-ring (bicyclic) bond motifs is 1. The lowest BCUT2D eigenvalue weighted by molar-refractivity contribution is -0.134. The van der Waals surface area contributed by atoms with Gasteiger partial charge in [0.25, 0.3) is 5.91 Å². The largest absolute Gasteiger partial charge is 0.353 e. The van der Waals surface area contributed by atoms with Gasteiger partial charge < -0.3 is 15.1 Å². The van der Waals surface area contributed by atoms with E-state index >= 15 is 0 Å². The molecule has 0 radical (unpaired) electrons. The van der Waals surface area contributed by atoms with Gasteiger partial charge in [0.1, 0.15) is 6.04 Å². The minimum atomic E-state index is -0.538. The predicted molar refractivity (Wildman–Crippen MR) is 118 cm³/mol. The molecule has 2 unspecified atom stereocenters. The average Bonchev–Trinajstić information content (AvgIpc) is 3.03. The van der Waals surface area contributed by atoms with E-state index in [4.69, 9.17) is 0 Å². The number of carbonyl (C=O) groups excluding carboxylic acids is 4. The van der Waals surface area contributed by atoms with Gasteiger partial charge in [0.15, 0.2) is 0 Å². The molecule has 166 valence electrons. The first-order valence-corrected chi connectivity index (χ1v) is 12.0. The molecule has 31 heavy (non-hydrogen) atoms. The van der Waals surface area contributed by atoms with E-state index in [1.165, 1.54) is 4.90 Å². The highest BCUT2D eigenvalue weighted by Gasteiger charge is 2.49. The third kappa shape index (κ3) is 4.28.